The van der Waals surface area contributed by atoms with Crippen molar-refractivity contribution in [3.05, 3.63) is 0 Å². The minimum absolute atomic E-state index is 0.0626. The molecule has 1 heterocycles. The molecule has 0 aliphatic carbocycles. The molecule has 1 saturated heterocycles. The smallest absolute Gasteiger partial charge is 0.0679 e. The summed E-state index contributed by atoms with van der Waals surface area (Å²) in [5.74, 6) is 0. The largest absolute Gasteiger partial charge is 0.392 e. The fraction of sp³-hybridized carbons (Fsp3) is 1.00. The van der Waals surface area contributed by atoms with Crippen LogP contribution < -0.4 is 0 Å². The molecule has 0 aromatic heterocycles. The van der Waals surface area contributed by atoms with Crippen molar-refractivity contribution < 1.29 is 5.11 Å². The summed E-state index contributed by atoms with van der Waals surface area (Å²) >= 11 is 0. The van der Waals surface area contributed by atoms with Crippen LogP contribution in [0, 0.1) is 0 Å². The maximum atomic E-state index is 9.11. The van der Waals surface area contributed by atoms with Crippen molar-refractivity contribution in [1.82, 2.24) is 4.90 Å². The zero-order chi connectivity index (χ0) is 10.9. The third-order valence-electron chi connectivity index (χ3n) is 1.93. The van der Waals surface area contributed by atoms with Gasteiger partial charge in [0.1, 0.15) is 0 Å². The molecular weight excluding hydrogens is 162 g/mol. The SMILES string of the molecule is CC.CC.CC(C)N1CCC(O)C1. The Morgan fingerprint density at radius 2 is 1.62 bits per heavy atom. The van der Waals surface area contributed by atoms with Gasteiger partial charge < -0.3 is 5.11 Å². The normalized spacial score (nSPS) is 21.7. The van der Waals surface area contributed by atoms with Crippen LogP contribution in [0.15, 0.2) is 0 Å². The standard InChI is InChI=1S/C7H15NO.2C2H6/c1-6(2)8-4-3-7(9)5-8;2*1-2/h6-7,9H,3-5H2,1-2H3;2*1-2H3. The van der Waals surface area contributed by atoms with Crippen LogP contribution >= 0.6 is 0 Å². The molecule has 0 spiro atoms. The summed E-state index contributed by atoms with van der Waals surface area (Å²) in [5.41, 5.74) is 0. The first kappa shape index (κ1) is 15.4. The van der Waals surface area contributed by atoms with E-state index in [2.05, 4.69) is 18.7 Å². The second kappa shape index (κ2) is 10.0. The fourth-order valence-electron chi connectivity index (χ4n) is 1.24. The Morgan fingerprint density at radius 1 is 1.15 bits per heavy atom. The molecule has 0 aromatic rings. The summed E-state index contributed by atoms with van der Waals surface area (Å²) in [7, 11) is 0. The van der Waals surface area contributed by atoms with E-state index in [-0.39, 0.29) is 6.10 Å². The Labute approximate surface area is 83.9 Å². The van der Waals surface area contributed by atoms with Crippen molar-refractivity contribution in [3.8, 4) is 0 Å². The van der Waals surface area contributed by atoms with Crippen molar-refractivity contribution >= 4 is 0 Å². The minimum Gasteiger partial charge on any atom is -0.392 e. The summed E-state index contributed by atoms with van der Waals surface area (Å²) in [4.78, 5) is 2.30. The third kappa shape index (κ3) is 7.03. The number of nitrogens with zero attached hydrogens (tertiary/aromatic N) is 1. The topological polar surface area (TPSA) is 23.5 Å². The number of likely N-dealkylation sites (tertiary alicyclic amines) is 1. The quantitative estimate of drug-likeness (QED) is 0.685. The summed E-state index contributed by atoms with van der Waals surface area (Å²) in [6, 6.07) is 0.599. The lowest BCUT2D eigenvalue weighted by molar-refractivity contribution is 0.166. The van der Waals surface area contributed by atoms with Crippen molar-refractivity contribution in [2.24, 2.45) is 0 Å². The first-order valence-electron chi connectivity index (χ1n) is 5.62. The zero-order valence-corrected chi connectivity index (χ0v) is 10.2. The molecule has 0 saturated carbocycles. The molecule has 0 radical (unpaired) electrons. The predicted molar refractivity (Wildman–Crippen MR) is 60.0 cm³/mol. The maximum absolute atomic E-state index is 9.11. The van der Waals surface area contributed by atoms with Crippen molar-refractivity contribution in [2.75, 3.05) is 13.1 Å². The van der Waals surface area contributed by atoms with Gasteiger partial charge in [0, 0.05) is 19.1 Å². The van der Waals surface area contributed by atoms with Crippen molar-refractivity contribution in [2.45, 2.75) is 60.1 Å². The molecular formula is C11H27NO. The predicted octanol–water partition coefficient (Wildman–Crippen LogP) is 2.51. The van der Waals surface area contributed by atoms with Crippen LogP contribution in [0.1, 0.15) is 48.0 Å². The third-order valence-corrected chi connectivity index (χ3v) is 1.93. The summed E-state index contributed by atoms with van der Waals surface area (Å²) in [6.07, 6.45) is 0.894. The molecule has 82 valence electrons. The number of rotatable bonds is 1. The highest BCUT2D eigenvalue weighted by Gasteiger charge is 2.21. The molecule has 0 bridgehead atoms. The molecule has 1 N–H and O–H groups in total. The maximum Gasteiger partial charge on any atom is 0.0679 e. The highest BCUT2D eigenvalue weighted by atomic mass is 16.3. The van der Waals surface area contributed by atoms with Gasteiger partial charge in [-0.1, -0.05) is 27.7 Å². The van der Waals surface area contributed by atoms with Gasteiger partial charge in [0.05, 0.1) is 6.10 Å². The van der Waals surface area contributed by atoms with E-state index in [1.807, 2.05) is 27.7 Å². The van der Waals surface area contributed by atoms with E-state index in [0.29, 0.717) is 6.04 Å². The second-order valence-electron chi connectivity index (χ2n) is 3.03. The van der Waals surface area contributed by atoms with Crippen LogP contribution in [0.5, 0.6) is 0 Å². The van der Waals surface area contributed by atoms with Crippen molar-refractivity contribution in [1.29, 1.82) is 0 Å². The second-order valence-corrected chi connectivity index (χ2v) is 3.03. The minimum atomic E-state index is -0.0626. The van der Waals surface area contributed by atoms with Crippen LogP contribution in [0.3, 0.4) is 0 Å². The lowest BCUT2D eigenvalue weighted by Gasteiger charge is -2.18. The molecule has 1 unspecified atom stereocenters. The monoisotopic (exact) mass is 189 g/mol. The fourth-order valence-corrected chi connectivity index (χ4v) is 1.24. The number of hydrogen-bond acceptors (Lipinski definition) is 2. The van der Waals surface area contributed by atoms with Crippen LogP contribution in [0.25, 0.3) is 0 Å². The molecule has 0 amide bonds. The molecule has 1 atom stereocenters. The number of aliphatic hydroxyl groups excluding tert-OH is 1. The van der Waals surface area contributed by atoms with E-state index < -0.39 is 0 Å². The molecule has 2 heteroatoms. The van der Waals surface area contributed by atoms with E-state index in [0.717, 1.165) is 19.5 Å². The number of hydrogen-bond donors (Lipinski definition) is 1. The molecule has 13 heavy (non-hydrogen) atoms. The number of aliphatic hydroxyl groups is 1. The first-order valence-corrected chi connectivity index (χ1v) is 5.62. The van der Waals surface area contributed by atoms with Gasteiger partial charge in [-0.25, -0.2) is 0 Å². The van der Waals surface area contributed by atoms with E-state index in [4.69, 9.17) is 5.11 Å². The van der Waals surface area contributed by atoms with Crippen LogP contribution in [0.4, 0.5) is 0 Å². The van der Waals surface area contributed by atoms with Gasteiger partial charge in [-0.15, -0.1) is 0 Å². The van der Waals surface area contributed by atoms with Crippen LogP contribution in [0.2, 0.25) is 0 Å². The van der Waals surface area contributed by atoms with Gasteiger partial charge >= 0.3 is 0 Å². The lowest BCUT2D eigenvalue weighted by atomic mass is 10.3. The van der Waals surface area contributed by atoms with Crippen molar-refractivity contribution in [3.63, 3.8) is 0 Å². The molecule has 1 fully saturated rings. The summed E-state index contributed by atoms with van der Waals surface area (Å²) in [5, 5.41) is 9.11. The molecule has 1 aliphatic rings. The van der Waals surface area contributed by atoms with Gasteiger partial charge in [-0.2, -0.15) is 0 Å². The Balaban J connectivity index is 0. The van der Waals surface area contributed by atoms with Crippen LogP contribution in [-0.4, -0.2) is 35.2 Å². The van der Waals surface area contributed by atoms with Gasteiger partial charge in [0.25, 0.3) is 0 Å². The molecule has 2 nitrogen and oxygen atoms in total. The van der Waals surface area contributed by atoms with Gasteiger partial charge in [0.15, 0.2) is 0 Å². The average molecular weight is 189 g/mol. The van der Waals surface area contributed by atoms with Crippen LogP contribution in [-0.2, 0) is 0 Å². The summed E-state index contributed by atoms with van der Waals surface area (Å²) < 4.78 is 0. The van der Waals surface area contributed by atoms with E-state index in [1.54, 1.807) is 0 Å². The molecule has 1 aliphatic heterocycles. The Kier molecular flexibility index (Phi) is 11.8. The molecule has 0 aromatic carbocycles. The van der Waals surface area contributed by atoms with E-state index >= 15 is 0 Å². The van der Waals surface area contributed by atoms with E-state index in [9.17, 15) is 0 Å². The van der Waals surface area contributed by atoms with Gasteiger partial charge in [-0.3, -0.25) is 4.90 Å². The lowest BCUT2D eigenvalue weighted by Crippen LogP contribution is -2.28. The Bertz CT molecular complexity index is 94.1. The first-order chi connectivity index (χ1) is 6.20. The number of β-amino-alcohol motifs (C(OH)–C–C–N with tert-alkyl or cyclic N) is 1. The Morgan fingerprint density at radius 3 is 1.77 bits per heavy atom. The Hall–Kier alpha value is -0.0800. The summed E-state index contributed by atoms with van der Waals surface area (Å²) in [6.45, 7) is 14.3. The highest BCUT2D eigenvalue weighted by molar-refractivity contribution is 4.76. The van der Waals surface area contributed by atoms with E-state index in [1.165, 1.54) is 0 Å². The van der Waals surface area contributed by atoms with Gasteiger partial charge in [0.2, 0.25) is 0 Å². The van der Waals surface area contributed by atoms with Gasteiger partial charge in [-0.05, 0) is 20.3 Å². The highest BCUT2D eigenvalue weighted by Crippen LogP contribution is 2.11. The molecule has 1 rings (SSSR count). The zero-order valence-electron chi connectivity index (χ0n) is 10.2. The average Bonchev–Trinajstić information content (AvgIpc) is 2.59.